The van der Waals surface area contributed by atoms with Gasteiger partial charge in [0.2, 0.25) is 0 Å². The average molecular weight is 371 g/mol. The van der Waals surface area contributed by atoms with E-state index in [9.17, 15) is 22.8 Å². The highest BCUT2D eigenvalue weighted by atomic mass is 79.9. The predicted molar refractivity (Wildman–Crippen MR) is 69.8 cm³/mol. The Morgan fingerprint density at radius 1 is 1.33 bits per heavy atom. The Labute approximate surface area is 125 Å². The van der Waals surface area contributed by atoms with Crippen molar-refractivity contribution in [2.75, 3.05) is 11.9 Å². The lowest BCUT2D eigenvalue weighted by molar-refractivity contribution is -0.140. The van der Waals surface area contributed by atoms with Gasteiger partial charge in [0, 0.05) is 10.2 Å². The number of hydrogen-bond acceptors (Lipinski definition) is 3. The molecule has 0 aliphatic rings. The Hall–Kier alpha value is -1.81. The van der Waals surface area contributed by atoms with E-state index in [0.29, 0.717) is 6.07 Å². The molecule has 0 aliphatic heterocycles. The minimum Gasteiger partial charge on any atom is -0.480 e. The van der Waals surface area contributed by atoms with Gasteiger partial charge in [-0.05, 0) is 18.2 Å². The quantitative estimate of drug-likeness (QED) is 0.651. The molecule has 1 aromatic rings. The first-order valence-corrected chi connectivity index (χ1v) is 6.22. The largest absolute Gasteiger partial charge is 0.480 e. The van der Waals surface area contributed by atoms with Gasteiger partial charge in [-0.2, -0.15) is 13.2 Å². The number of amides is 2. The summed E-state index contributed by atoms with van der Waals surface area (Å²) in [5.41, 5.74) is -1.16. The van der Waals surface area contributed by atoms with Crippen LogP contribution in [0.1, 0.15) is 5.56 Å². The molecule has 0 radical (unpaired) electrons. The van der Waals surface area contributed by atoms with Crippen molar-refractivity contribution in [2.45, 2.75) is 12.2 Å². The molecular formula is C11H10BrF3N2O4. The molecule has 0 saturated heterocycles. The molecule has 21 heavy (non-hydrogen) atoms. The molecule has 0 unspecified atom stereocenters. The Balaban J connectivity index is 2.84. The van der Waals surface area contributed by atoms with Crippen LogP contribution in [-0.4, -0.2) is 34.9 Å². The summed E-state index contributed by atoms with van der Waals surface area (Å²) in [7, 11) is 0. The zero-order valence-corrected chi connectivity index (χ0v) is 11.8. The van der Waals surface area contributed by atoms with Gasteiger partial charge < -0.3 is 20.8 Å². The first-order valence-electron chi connectivity index (χ1n) is 5.43. The number of aliphatic carboxylic acids is 1. The van der Waals surface area contributed by atoms with Gasteiger partial charge >= 0.3 is 18.2 Å². The van der Waals surface area contributed by atoms with E-state index < -0.39 is 36.4 Å². The number of aliphatic hydroxyl groups excluding tert-OH is 1. The van der Waals surface area contributed by atoms with Crippen LogP contribution < -0.4 is 10.6 Å². The summed E-state index contributed by atoms with van der Waals surface area (Å²) in [6.07, 6.45) is -4.61. The second-order valence-electron chi connectivity index (χ2n) is 3.86. The van der Waals surface area contributed by atoms with Crippen molar-refractivity contribution in [3.63, 3.8) is 0 Å². The molecule has 0 aromatic heterocycles. The molecule has 0 bridgehead atoms. The molecule has 10 heteroatoms. The predicted octanol–water partition coefficient (Wildman–Crippen LogP) is 2.03. The van der Waals surface area contributed by atoms with Crippen LogP contribution in [0.5, 0.6) is 0 Å². The molecule has 0 spiro atoms. The number of halogens is 4. The van der Waals surface area contributed by atoms with E-state index in [1.807, 2.05) is 5.32 Å². The summed E-state index contributed by atoms with van der Waals surface area (Å²) >= 11 is 2.74. The van der Waals surface area contributed by atoms with Crippen molar-refractivity contribution in [3.8, 4) is 0 Å². The number of carboxylic acids is 1. The number of carbonyl (C=O) groups is 2. The molecule has 0 aliphatic carbocycles. The van der Waals surface area contributed by atoms with E-state index in [1.165, 1.54) is 6.07 Å². The van der Waals surface area contributed by atoms with Crippen molar-refractivity contribution in [1.82, 2.24) is 5.32 Å². The second-order valence-corrected chi connectivity index (χ2v) is 4.72. The maximum absolute atomic E-state index is 12.7. The molecule has 6 nitrogen and oxygen atoms in total. The van der Waals surface area contributed by atoms with E-state index in [4.69, 9.17) is 10.2 Å². The van der Waals surface area contributed by atoms with Crippen molar-refractivity contribution in [1.29, 1.82) is 0 Å². The van der Waals surface area contributed by atoms with Crippen LogP contribution in [0.15, 0.2) is 22.7 Å². The van der Waals surface area contributed by atoms with Gasteiger partial charge in [-0.25, -0.2) is 9.59 Å². The second kappa shape index (κ2) is 6.76. The summed E-state index contributed by atoms with van der Waals surface area (Å²) in [5, 5.41) is 21.3. The first kappa shape index (κ1) is 17.2. The number of benzene rings is 1. The third-order valence-electron chi connectivity index (χ3n) is 2.32. The van der Waals surface area contributed by atoms with Crippen molar-refractivity contribution in [2.24, 2.45) is 0 Å². The monoisotopic (exact) mass is 370 g/mol. The molecule has 1 atom stereocenters. The Kier molecular flexibility index (Phi) is 5.55. The lowest BCUT2D eigenvalue weighted by atomic mass is 10.2. The van der Waals surface area contributed by atoms with Gasteiger partial charge in [-0.1, -0.05) is 15.9 Å². The maximum Gasteiger partial charge on any atom is 0.417 e. The number of anilines is 1. The standard InChI is InChI=1S/C11H10BrF3N2O4/c12-7-2-1-5(3-6(7)11(13,14)15)16-10(21)17-8(4-18)9(19)20/h1-3,8,18H,4H2,(H,19,20)(H2,16,17,21)/t8-/m1/s1. The zero-order valence-electron chi connectivity index (χ0n) is 10.2. The average Bonchev–Trinajstić information content (AvgIpc) is 2.36. The number of hydrogen-bond donors (Lipinski definition) is 4. The van der Waals surface area contributed by atoms with E-state index in [2.05, 4.69) is 21.2 Å². The fourth-order valence-corrected chi connectivity index (χ4v) is 1.80. The van der Waals surface area contributed by atoms with Gasteiger partial charge in [0.1, 0.15) is 0 Å². The minimum atomic E-state index is -4.61. The third-order valence-corrected chi connectivity index (χ3v) is 3.01. The van der Waals surface area contributed by atoms with Gasteiger partial charge in [-0.3, -0.25) is 0 Å². The first-order chi connectivity index (χ1) is 9.65. The number of urea groups is 1. The molecule has 4 N–H and O–H groups in total. The Bertz CT molecular complexity index is 551. The number of carboxylic acid groups (broad SMARTS) is 1. The molecule has 0 saturated carbocycles. The van der Waals surface area contributed by atoms with E-state index >= 15 is 0 Å². The van der Waals surface area contributed by atoms with Crippen LogP contribution in [0.3, 0.4) is 0 Å². The van der Waals surface area contributed by atoms with E-state index in [0.717, 1.165) is 6.07 Å². The molecule has 116 valence electrons. The lowest BCUT2D eigenvalue weighted by Crippen LogP contribution is -2.45. The maximum atomic E-state index is 12.7. The summed E-state index contributed by atoms with van der Waals surface area (Å²) in [5.74, 6) is -1.47. The minimum absolute atomic E-state index is 0.176. The zero-order chi connectivity index (χ0) is 16.2. The fourth-order valence-electron chi connectivity index (χ4n) is 1.33. The van der Waals surface area contributed by atoms with Gasteiger partial charge in [-0.15, -0.1) is 0 Å². The third kappa shape index (κ3) is 4.90. The number of carbonyl (C=O) groups excluding carboxylic acids is 1. The van der Waals surface area contributed by atoms with Crippen LogP contribution in [0, 0.1) is 0 Å². The van der Waals surface area contributed by atoms with Gasteiger partial charge in [0.15, 0.2) is 6.04 Å². The number of aliphatic hydroxyl groups is 1. The molecule has 0 heterocycles. The van der Waals surface area contributed by atoms with Gasteiger partial charge in [0.05, 0.1) is 12.2 Å². The Morgan fingerprint density at radius 3 is 2.43 bits per heavy atom. The summed E-state index contributed by atoms with van der Waals surface area (Å²) in [4.78, 5) is 22.0. The highest BCUT2D eigenvalue weighted by Crippen LogP contribution is 2.36. The highest BCUT2D eigenvalue weighted by molar-refractivity contribution is 9.10. The van der Waals surface area contributed by atoms with Crippen molar-refractivity contribution >= 4 is 33.6 Å². The number of alkyl halides is 3. The lowest BCUT2D eigenvalue weighted by Gasteiger charge is -2.14. The summed E-state index contributed by atoms with van der Waals surface area (Å²) in [6, 6.07) is 0.389. The Morgan fingerprint density at radius 2 is 1.95 bits per heavy atom. The molecule has 0 fully saturated rings. The van der Waals surface area contributed by atoms with Crippen LogP contribution in [0.2, 0.25) is 0 Å². The van der Waals surface area contributed by atoms with Gasteiger partial charge in [0.25, 0.3) is 0 Å². The van der Waals surface area contributed by atoms with Crippen LogP contribution in [-0.2, 0) is 11.0 Å². The normalized spacial score (nSPS) is 12.6. The van der Waals surface area contributed by atoms with Crippen molar-refractivity contribution < 1.29 is 33.0 Å². The molecule has 1 aromatic carbocycles. The summed E-state index contributed by atoms with van der Waals surface area (Å²) < 4.78 is 37.8. The number of rotatable bonds is 4. The van der Waals surface area contributed by atoms with Crippen molar-refractivity contribution in [3.05, 3.63) is 28.2 Å². The smallest absolute Gasteiger partial charge is 0.417 e. The SMILES string of the molecule is O=C(Nc1ccc(Br)c(C(F)(F)F)c1)N[C@H](CO)C(=O)O. The summed E-state index contributed by atoms with van der Waals surface area (Å²) in [6.45, 7) is -0.850. The van der Waals surface area contributed by atoms with Crippen LogP contribution in [0.4, 0.5) is 23.7 Å². The highest BCUT2D eigenvalue weighted by Gasteiger charge is 2.33. The molecular weight excluding hydrogens is 361 g/mol. The number of nitrogens with one attached hydrogen (secondary N) is 2. The van der Waals surface area contributed by atoms with E-state index in [-0.39, 0.29) is 10.2 Å². The molecule has 1 rings (SSSR count). The topological polar surface area (TPSA) is 98.7 Å². The molecule has 2 amide bonds. The van der Waals surface area contributed by atoms with Crippen LogP contribution in [0.25, 0.3) is 0 Å². The van der Waals surface area contributed by atoms with E-state index in [1.54, 1.807) is 0 Å². The van der Waals surface area contributed by atoms with Crippen LogP contribution >= 0.6 is 15.9 Å². The fraction of sp³-hybridized carbons (Fsp3) is 0.273.